The number of benzene rings is 2. The van der Waals surface area contributed by atoms with E-state index in [0.29, 0.717) is 37.4 Å². The fourth-order valence-corrected chi connectivity index (χ4v) is 5.26. The molecule has 3 heterocycles. The SMILES string of the molecule is Cc1nnc(N(C)C)c2nn(-c3ccc(N4CCCC4=O)cc3OC(CCCOC(N)=O)c3ccccc3)c(C)c12. The van der Waals surface area contributed by atoms with E-state index in [-0.39, 0.29) is 18.6 Å². The van der Waals surface area contributed by atoms with Crippen LogP contribution in [0.15, 0.2) is 48.5 Å². The van der Waals surface area contributed by atoms with Crippen molar-refractivity contribution in [3.8, 4) is 11.4 Å². The van der Waals surface area contributed by atoms with Crippen LogP contribution in [0.4, 0.5) is 16.3 Å². The zero-order valence-corrected chi connectivity index (χ0v) is 23.8. The van der Waals surface area contributed by atoms with Crippen LogP contribution in [0.25, 0.3) is 16.6 Å². The molecule has 11 heteroatoms. The van der Waals surface area contributed by atoms with Gasteiger partial charge in [-0.3, -0.25) is 4.79 Å². The standard InChI is InChI=1S/C30H35N7O4/c1-19-27-20(2)37(34-28(27)29(33-32-19)35(3)4)23-15-14-22(36-16-8-13-26(36)38)18-25(23)41-24(12-9-17-40-30(31)39)21-10-6-5-7-11-21/h5-7,10-11,14-15,18,24H,8-9,12-13,16-17H2,1-4H3,(H2,31,39). The number of anilines is 2. The van der Waals surface area contributed by atoms with Gasteiger partial charge in [0.15, 0.2) is 5.82 Å². The Hall–Kier alpha value is -4.67. The van der Waals surface area contributed by atoms with E-state index < -0.39 is 6.09 Å². The summed E-state index contributed by atoms with van der Waals surface area (Å²) in [5.41, 5.74) is 10.1. The van der Waals surface area contributed by atoms with Gasteiger partial charge in [-0.15, -0.1) is 5.10 Å². The molecule has 0 aliphatic carbocycles. The van der Waals surface area contributed by atoms with Crippen LogP contribution < -0.4 is 20.3 Å². The molecule has 0 saturated carbocycles. The van der Waals surface area contributed by atoms with Gasteiger partial charge in [-0.05, 0) is 50.8 Å². The topological polar surface area (TPSA) is 129 Å². The van der Waals surface area contributed by atoms with Crippen LogP contribution in [-0.4, -0.2) is 59.2 Å². The van der Waals surface area contributed by atoms with E-state index in [9.17, 15) is 9.59 Å². The van der Waals surface area contributed by atoms with E-state index in [1.807, 2.05) is 86.1 Å². The van der Waals surface area contributed by atoms with Gasteiger partial charge in [-0.25, -0.2) is 9.48 Å². The van der Waals surface area contributed by atoms with E-state index in [1.165, 1.54) is 0 Å². The smallest absolute Gasteiger partial charge is 0.404 e. The van der Waals surface area contributed by atoms with Gasteiger partial charge >= 0.3 is 6.09 Å². The molecule has 1 atom stereocenters. The molecule has 1 saturated heterocycles. The van der Waals surface area contributed by atoms with Crippen LogP contribution in [0.5, 0.6) is 5.75 Å². The number of aromatic nitrogens is 4. The summed E-state index contributed by atoms with van der Waals surface area (Å²) in [5, 5.41) is 14.7. The Morgan fingerprint density at radius 1 is 1.12 bits per heavy atom. The Labute approximate surface area is 238 Å². The summed E-state index contributed by atoms with van der Waals surface area (Å²) in [7, 11) is 3.83. The lowest BCUT2D eigenvalue weighted by molar-refractivity contribution is -0.117. The van der Waals surface area contributed by atoms with Crippen molar-refractivity contribution in [3.63, 3.8) is 0 Å². The van der Waals surface area contributed by atoms with E-state index in [2.05, 4.69) is 10.2 Å². The first-order chi connectivity index (χ1) is 19.7. The summed E-state index contributed by atoms with van der Waals surface area (Å²) in [6.07, 6.45) is 1.31. The second-order valence-electron chi connectivity index (χ2n) is 10.4. The van der Waals surface area contributed by atoms with Crippen molar-refractivity contribution in [2.24, 2.45) is 5.73 Å². The molecule has 5 rings (SSSR count). The van der Waals surface area contributed by atoms with Gasteiger partial charge < -0.3 is 25.0 Å². The van der Waals surface area contributed by atoms with Gasteiger partial charge in [0.25, 0.3) is 0 Å². The summed E-state index contributed by atoms with van der Waals surface area (Å²) < 4.78 is 13.6. The zero-order valence-electron chi connectivity index (χ0n) is 23.8. The van der Waals surface area contributed by atoms with Gasteiger partial charge in [0, 0.05) is 38.8 Å². The Morgan fingerprint density at radius 2 is 1.90 bits per heavy atom. The molecule has 1 aliphatic heterocycles. The lowest BCUT2D eigenvalue weighted by Crippen LogP contribution is -2.24. The predicted octanol–water partition coefficient (Wildman–Crippen LogP) is 4.62. The molecule has 1 unspecified atom stereocenters. The van der Waals surface area contributed by atoms with E-state index in [0.717, 1.165) is 45.6 Å². The molecule has 0 bridgehead atoms. The van der Waals surface area contributed by atoms with Crippen molar-refractivity contribution in [1.82, 2.24) is 20.0 Å². The maximum absolute atomic E-state index is 12.6. The third kappa shape index (κ3) is 5.79. The molecule has 2 N–H and O–H groups in total. The van der Waals surface area contributed by atoms with Gasteiger partial charge in [0.1, 0.15) is 23.1 Å². The maximum atomic E-state index is 12.6. The number of nitrogens with zero attached hydrogens (tertiary/aromatic N) is 6. The minimum atomic E-state index is -0.801. The zero-order chi connectivity index (χ0) is 29.1. The Morgan fingerprint density at radius 3 is 2.59 bits per heavy atom. The maximum Gasteiger partial charge on any atom is 0.404 e. The highest BCUT2D eigenvalue weighted by molar-refractivity contribution is 5.96. The van der Waals surface area contributed by atoms with Gasteiger partial charge in [-0.1, -0.05) is 30.3 Å². The molecule has 2 amide bonds. The number of primary amides is 1. The highest BCUT2D eigenvalue weighted by Crippen LogP contribution is 2.37. The number of hydrogen-bond donors (Lipinski definition) is 1. The molecule has 214 valence electrons. The summed E-state index contributed by atoms with van der Waals surface area (Å²) in [6, 6.07) is 15.7. The summed E-state index contributed by atoms with van der Waals surface area (Å²) in [6.45, 7) is 4.78. The number of fused-ring (bicyclic) bond motifs is 1. The third-order valence-electron chi connectivity index (χ3n) is 7.26. The summed E-state index contributed by atoms with van der Waals surface area (Å²) in [5.74, 6) is 1.34. The van der Waals surface area contributed by atoms with Gasteiger partial charge in [-0.2, -0.15) is 10.2 Å². The van der Waals surface area contributed by atoms with E-state index >= 15 is 0 Å². The molecule has 1 aliphatic rings. The van der Waals surface area contributed by atoms with Crippen LogP contribution in [0.1, 0.15) is 48.7 Å². The van der Waals surface area contributed by atoms with Gasteiger partial charge in [0.05, 0.1) is 23.4 Å². The molecule has 4 aromatic rings. The number of nitrogens with two attached hydrogens (primary N) is 1. The van der Waals surface area contributed by atoms with Crippen LogP contribution in [-0.2, 0) is 9.53 Å². The van der Waals surface area contributed by atoms with Crippen molar-refractivity contribution in [1.29, 1.82) is 0 Å². The first-order valence-corrected chi connectivity index (χ1v) is 13.7. The lowest BCUT2D eigenvalue weighted by atomic mass is 10.0. The normalized spacial score (nSPS) is 14.0. The molecular weight excluding hydrogens is 522 g/mol. The Kier molecular flexibility index (Phi) is 8.04. The van der Waals surface area contributed by atoms with Crippen LogP contribution in [0.2, 0.25) is 0 Å². The van der Waals surface area contributed by atoms with Crippen molar-refractivity contribution < 1.29 is 19.1 Å². The number of hydrogen-bond acceptors (Lipinski definition) is 8. The molecule has 2 aromatic heterocycles. The van der Waals surface area contributed by atoms with Crippen molar-refractivity contribution in [3.05, 3.63) is 65.5 Å². The highest BCUT2D eigenvalue weighted by atomic mass is 16.5. The number of rotatable bonds is 10. The second-order valence-corrected chi connectivity index (χ2v) is 10.4. The Balaban J connectivity index is 1.61. The molecule has 1 fully saturated rings. The van der Waals surface area contributed by atoms with Crippen LogP contribution in [0.3, 0.4) is 0 Å². The highest BCUT2D eigenvalue weighted by Gasteiger charge is 2.26. The molecule has 2 aromatic carbocycles. The number of carbonyl (C=O) groups is 2. The van der Waals surface area contributed by atoms with Crippen LogP contribution >= 0.6 is 0 Å². The first kappa shape index (κ1) is 27.9. The molecule has 41 heavy (non-hydrogen) atoms. The second kappa shape index (κ2) is 11.8. The fourth-order valence-electron chi connectivity index (χ4n) is 5.26. The van der Waals surface area contributed by atoms with Gasteiger partial charge in [0.2, 0.25) is 5.91 Å². The first-order valence-electron chi connectivity index (χ1n) is 13.7. The predicted molar refractivity (Wildman–Crippen MR) is 157 cm³/mol. The van der Waals surface area contributed by atoms with E-state index in [1.54, 1.807) is 4.90 Å². The molecule has 11 nitrogen and oxygen atoms in total. The van der Waals surface area contributed by atoms with Crippen molar-refractivity contribution >= 4 is 34.4 Å². The average Bonchev–Trinajstić information content (AvgIpc) is 3.54. The van der Waals surface area contributed by atoms with E-state index in [4.69, 9.17) is 20.3 Å². The van der Waals surface area contributed by atoms with Crippen molar-refractivity contribution in [2.45, 2.75) is 45.6 Å². The largest absolute Gasteiger partial charge is 0.483 e. The molecular formula is C30H35N7O4. The summed E-state index contributed by atoms with van der Waals surface area (Å²) in [4.78, 5) is 27.4. The van der Waals surface area contributed by atoms with Crippen LogP contribution in [0, 0.1) is 13.8 Å². The summed E-state index contributed by atoms with van der Waals surface area (Å²) >= 11 is 0. The number of ether oxygens (including phenoxy) is 2. The average molecular weight is 558 g/mol. The number of amides is 2. The quantitative estimate of drug-likeness (QED) is 0.280. The minimum Gasteiger partial charge on any atom is -0.483 e. The lowest BCUT2D eigenvalue weighted by Gasteiger charge is -2.24. The molecule has 0 radical (unpaired) electrons. The fraction of sp³-hybridized carbons (Fsp3) is 0.367. The molecule has 0 spiro atoms. The van der Waals surface area contributed by atoms with Crippen molar-refractivity contribution in [2.75, 3.05) is 37.0 Å². The third-order valence-corrected chi connectivity index (χ3v) is 7.26. The Bertz CT molecular complexity index is 1570. The number of aryl methyl sites for hydroxylation is 2. The number of carbonyl (C=O) groups excluding carboxylic acids is 2. The minimum absolute atomic E-state index is 0.0938. The monoisotopic (exact) mass is 557 g/mol.